The average molecular weight is 307 g/mol. The molecule has 0 radical (unpaired) electrons. The van der Waals surface area contributed by atoms with Crippen LogP contribution in [0.3, 0.4) is 0 Å². The van der Waals surface area contributed by atoms with E-state index in [4.69, 9.17) is 17.3 Å². The van der Waals surface area contributed by atoms with Crippen molar-refractivity contribution in [2.75, 3.05) is 13.6 Å². The van der Waals surface area contributed by atoms with E-state index >= 15 is 0 Å². The largest absolute Gasteiger partial charge is 0.329 e. The molecule has 1 unspecified atom stereocenters. The Kier molecular flexibility index (Phi) is 5.34. The van der Waals surface area contributed by atoms with Gasteiger partial charge in [0.2, 0.25) is 0 Å². The van der Waals surface area contributed by atoms with Gasteiger partial charge < -0.3 is 5.73 Å². The summed E-state index contributed by atoms with van der Waals surface area (Å²) in [5.41, 5.74) is 9.21. The lowest BCUT2D eigenvalue weighted by atomic mass is 10.0. The minimum absolute atomic E-state index is 0.0450. The molecule has 0 heterocycles. The van der Waals surface area contributed by atoms with E-state index in [0.717, 1.165) is 12.1 Å². The summed E-state index contributed by atoms with van der Waals surface area (Å²) in [6.45, 7) is 3.27. The number of benzene rings is 2. The topological polar surface area (TPSA) is 29.3 Å². The molecule has 4 heteroatoms. The summed E-state index contributed by atoms with van der Waals surface area (Å²) in [6, 6.07) is 13.1. The van der Waals surface area contributed by atoms with Crippen LogP contribution in [0.2, 0.25) is 5.02 Å². The zero-order chi connectivity index (χ0) is 15.4. The summed E-state index contributed by atoms with van der Waals surface area (Å²) in [7, 11) is 2.00. The molecule has 0 aliphatic carbocycles. The maximum Gasteiger partial charge on any atom is 0.142 e. The number of rotatable bonds is 5. The molecule has 0 spiro atoms. The average Bonchev–Trinajstić information content (AvgIpc) is 2.46. The van der Waals surface area contributed by atoms with Gasteiger partial charge >= 0.3 is 0 Å². The van der Waals surface area contributed by atoms with Crippen LogP contribution in [-0.4, -0.2) is 18.5 Å². The molecule has 0 bridgehead atoms. The zero-order valence-electron chi connectivity index (χ0n) is 12.3. The van der Waals surface area contributed by atoms with E-state index in [2.05, 4.69) is 24.0 Å². The van der Waals surface area contributed by atoms with Crippen LogP contribution in [0.1, 0.15) is 22.7 Å². The molecule has 21 heavy (non-hydrogen) atoms. The lowest BCUT2D eigenvalue weighted by Gasteiger charge is -2.28. The Morgan fingerprint density at radius 1 is 1.24 bits per heavy atom. The molecule has 0 amide bonds. The third-order valence-corrected chi connectivity index (χ3v) is 4.07. The first-order valence-electron chi connectivity index (χ1n) is 6.92. The lowest BCUT2D eigenvalue weighted by Crippen LogP contribution is -2.30. The normalized spacial score (nSPS) is 12.7. The summed E-state index contributed by atoms with van der Waals surface area (Å²) >= 11 is 5.74. The van der Waals surface area contributed by atoms with Gasteiger partial charge in [0.25, 0.3) is 0 Å². The smallest absolute Gasteiger partial charge is 0.142 e. The van der Waals surface area contributed by atoms with Gasteiger partial charge in [-0.2, -0.15) is 0 Å². The van der Waals surface area contributed by atoms with Gasteiger partial charge in [0.1, 0.15) is 5.82 Å². The van der Waals surface area contributed by atoms with Crippen LogP contribution >= 0.6 is 11.6 Å². The van der Waals surface area contributed by atoms with Gasteiger partial charge in [-0.15, -0.1) is 0 Å². The second-order valence-electron chi connectivity index (χ2n) is 5.27. The predicted octanol–water partition coefficient (Wildman–Crippen LogP) is 3.92. The first-order valence-corrected chi connectivity index (χ1v) is 7.30. The Hall–Kier alpha value is -1.42. The molecule has 0 saturated carbocycles. The fraction of sp³-hybridized carbons (Fsp3) is 0.294. The van der Waals surface area contributed by atoms with Crippen LogP contribution in [0, 0.1) is 12.7 Å². The summed E-state index contributed by atoms with van der Waals surface area (Å²) in [5.74, 6) is -0.406. The number of halogens is 2. The number of likely N-dealkylation sites (N-methyl/N-ethyl adjacent to an activating group) is 1. The summed E-state index contributed by atoms with van der Waals surface area (Å²) in [5, 5.41) is 0.135. The van der Waals surface area contributed by atoms with Crippen molar-refractivity contribution >= 4 is 11.6 Å². The van der Waals surface area contributed by atoms with E-state index in [1.807, 2.05) is 25.2 Å². The molecule has 0 aromatic heterocycles. The van der Waals surface area contributed by atoms with E-state index in [-0.39, 0.29) is 11.1 Å². The van der Waals surface area contributed by atoms with Crippen LogP contribution in [0.15, 0.2) is 42.5 Å². The van der Waals surface area contributed by atoms with Crippen LogP contribution < -0.4 is 5.73 Å². The molecule has 1 atom stereocenters. The minimum atomic E-state index is -0.406. The molecule has 2 rings (SSSR count). The van der Waals surface area contributed by atoms with Gasteiger partial charge in [0, 0.05) is 19.1 Å². The Morgan fingerprint density at radius 2 is 1.95 bits per heavy atom. The Labute approximate surface area is 130 Å². The van der Waals surface area contributed by atoms with Crippen LogP contribution in [0.5, 0.6) is 0 Å². The highest BCUT2D eigenvalue weighted by atomic mass is 35.5. The molecule has 2 N–H and O–H groups in total. The number of nitrogens with two attached hydrogens (primary N) is 1. The molecular weight excluding hydrogens is 287 g/mol. The van der Waals surface area contributed by atoms with Crippen molar-refractivity contribution in [2.45, 2.75) is 19.5 Å². The third-order valence-electron chi connectivity index (χ3n) is 3.76. The van der Waals surface area contributed by atoms with Crippen molar-refractivity contribution in [2.24, 2.45) is 5.73 Å². The molecule has 2 aromatic rings. The molecule has 0 fully saturated rings. The second-order valence-corrected chi connectivity index (χ2v) is 5.67. The van der Waals surface area contributed by atoms with Crippen molar-refractivity contribution in [3.63, 3.8) is 0 Å². The van der Waals surface area contributed by atoms with Crippen molar-refractivity contribution in [1.29, 1.82) is 0 Å². The molecule has 0 aliphatic rings. The number of hydrogen-bond donors (Lipinski definition) is 1. The van der Waals surface area contributed by atoms with Crippen molar-refractivity contribution in [3.05, 3.63) is 70.0 Å². The number of hydrogen-bond acceptors (Lipinski definition) is 2. The zero-order valence-corrected chi connectivity index (χ0v) is 13.1. The SMILES string of the molecule is Cc1ccccc1CN(C)C(CN)c1ccc(Cl)c(F)c1. The first kappa shape index (κ1) is 16.0. The van der Waals surface area contributed by atoms with E-state index in [9.17, 15) is 4.39 Å². The highest BCUT2D eigenvalue weighted by Gasteiger charge is 2.17. The molecule has 2 aromatic carbocycles. The lowest BCUT2D eigenvalue weighted by molar-refractivity contribution is 0.241. The molecule has 0 aliphatic heterocycles. The van der Waals surface area contributed by atoms with Crippen molar-refractivity contribution in [3.8, 4) is 0 Å². The minimum Gasteiger partial charge on any atom is -0.329 e. The quantitative estimate of drug-likeness (QED) is 0.907. The fourth-order valence-electron chi connectivity index (χ4n) is 2.46. The third kappa shape index (κ3) is 3.82. The molecular formula is C17H20ClFN2. The molecule has 0 saturated heterocycles. The van der Waals surface area contributed by atoms with Gasteiger partial charge in [-0.1, -0.05) is 41.9 Å². The fourth-order valence-corrected chi connectivity index (χ4v) is 2.57. The Balaban J connectivity index is 2.20. The summed E-state index contributed by atoms with van der Waals surface area (Å²) < 4.78 is 13.6. The van der Waals surface area contributed by atoms with E-state index in [1.165, 1.54) is 17.2 Å². The van der Waals surface area contributed by atoms with Crippen molar-refractivity contribution in [1.82, 2.24) is 4.90 Å². The first-order chi connectivity index (χ1) is 10.0. The highest BCUT2D eigenvalue weighted by molar-refractivity contribution is 6.30. The highest BCUT2D eigenvalue weighted by Crippen LogP contribution is 2.24. The number of nitrogens with zero attached hydrogens (tertiary/aromatic N) is 1. The van der Waals surface area contributed by atoms with E-state index in [0.29, 0.717) is 6.54 Å². The summed E-state index contributed by atoms with van der Waals surface area (Å²) in [6.07, 6.45) is 0. The monoisotopic (exact) mass is 306 g/mol. The summed E-state index contributed by atoms with van der Waals surface area (Å²) in [4.78, 5) is 2.13. The van der Waals surface area contributed by atoms with Crippen LogP contribution in [0.4, 0.5) is 4.39 Å². The van der Waals surface area contributed by atoms with Crippen LogP contribution in [0.25, 0.3) is 0 Å². The van der Waals surface area contributed by atoms with Gasteiger partial charge in [-0.05, 0) is 42.8 Å². The van der Waals surface area contributed by atoms with Crippen molar-refractivity contribution < 1.29 is 4.39 Å². The number of aryl methyl sites for hydroxylation is 1. The maximum atomic E-state index is 13.6. The van der Waals surface area contributed by atoms with E-state index in [1.54, 1.807) is 6.07 Å². The second kappa shape index (κ2) is 7.03. The van der Waals surface area contributed by atoms with Gasteiger partial charge in [-0.25, -0.2) is 4.39 Å². The van der Waals surface area contributed by atoms with Gasteiger partial charge in [0.15, 0.2) is 0 Å². The Morgan fingerprint density at radius 3 is 2.57 bits per heavy atom. The standard InChI is InChI=1S/C17H20ClFN2/c1-12-5-3-4-6-14(12)11-21(2)17(10-20)13-7-8-15(18)16(19)9-13/h3-9,17H,10-11,20H2,1-2H3. The van der Waals surface area contributed by atoms with Gasteiger partial charge in [0.05, 0.1) is 5.02 Å². The van der Waals surface area contributed by atoms with Gasteiger partial charge in [-0.3, -0.25) is 4.90 Å². The van der Waals surface area contributed by atoms with E-state index < -0.39 is 5.82 Å². The molecule has 2 nitrogen and oxygen atoms in total. The Bertz CT molecular complexity index is 615. The maximum absolute atomic E-state index is 13.6. The predicted molar refractivity (Wildman–Crippen MR) is 85.9 cm³/mol. The van der Waals surface area contributed by atoms with Crippen LogP contribution in [-0.2, 0) is 6.54 Å². The molecule has 112 valence electrons.